The molecule has 0 spiro atoms. The van der Waals surface area contributed by atoms with Crippen molar-refractivity contribution < 1.29 is 14.3 Å². The topological polar surface area (TPSA) is 48.3 Å². The lowest BCUT2D eigenvalue weighted by Crippen LogP contribution is -2.14. The van der Waals surface area contributed by atoms with Crippen LogP contribution < -0.4 is 0 Å². The predicted molar refractivity (Wildman–Crippen MR) is 67.9 cm³/mol. The average molecular weight is 249 g/mol. The maximum atomic E-state index is 11.9. The minimum absolute atomic E-state index is 0.404. The minimum atomic E-state index is -0.429. The van der Waals surface area contributed by atoms with Crippen LogP contribution in [0.15, 0.2) is 0 Å². The zero-order valence-corrected chi connectivity index (χ0v) is 11.3. The van der Waals surface area contributed by atoms with Gasteiger partial charge in [-0.2, -0.15) is 0 Å². The molecule has 1 aromatic rings. The van der Waals surface area contributed by atoms with E-state index in [-0.39, 0.29) is 0 Å². The molecule has 1 heterocycles. The molecule has 4 nitrogen and oxygen atoms in total. The van der Waals surface area contributed by atoms with Crippen molar-refractivity contribution in [1.82, 2.24) is 4.57 Å². The Labute approximate surface area is 107 Å². The van der Waals surface area contributed by atoms with Gasteiger partial charge in [0.1, 0.15) is 5.69 Å². The average Bonchev–Trinajstić information content (AvgIpc) is 3.00. The fourth-order valence-corrected chi connectivity index (χ4v) is 2.47. The zero-order valence-electron chi connectivity index (χ0n) is 11.3. The minimum Gasteiger partial charge on any atom is -0.464 e. The standard InChI is InChI=1S/C14H19NO3/c1-8-5-11(8)6-15-10(3)9(2)12(7-16)13(15)14(17)18-4/h7-8,11H,5-6H2,1-4H3/t8-,11?/m0/s1. The molecule has 0 bridgehead atoms. The molecular formula is C14H19NO3. The Morgan fingerprint density at radius 3 is 2.56 bits per heavy atom. The second kappa shape index (κ2) is 4.59. The lowest BCUT2D eigenvalue weighted by molar-refractivity contribution is 0.0585. The van der Waals surface area contributed by atoms with E-state index in [0.29, 0.717) is 23.1 Å². The van der Waals surface area contributed by atoms with Gasteiger partial charge in [0.05, 0.1) is 12.7 Å². The van der Waals surface area contributed by atoms with Crippen molar-refractivity contribution in [2.75, 3.05) is 7.11 Å². The Morgan fingerprint density at radius 2 is 2.11 bits per heavy atom. The fraction of sp³-hybridized carbons (Fsp3) is 0.571. The third kappa shape index (κ3) is 1.96. The van der Waals surface area contributed by atoms with E-state index in [1.165, 1.54) is 13.5 Å². The summed E-state index contributed by atoms with van der Waals surface area (Å²) in [7, 11) is 1.35. The summed E-state index contributed by atoms with van der Waals surface area (Å²) in [6, 6.07) is 0. The molecule has 2 atom stereocenters. The molecule has 1 fully saturated rings. The maximum absolute atomic E-state index is 11.9. The van der Waals surface area contributed by atoms with Crippen molar-refractivity contribution >= 4 is 12.3 Å². The molecule has 0 saturated heterocycles. The summed E-state index contributed by atoms with van der Waals surface area (Å²) in [6.07, 6.45) is 1.94. The Balaban J connectivity index is 2.47. The van der Waals surface area contributed by atoms with Crippen LogP contribution in [0.5, 0.6) is 0 Å². The van der Waals surface area contributed by atoms with E-state index in [1.807, 2.05) is 18.4 Å². The number of methoxy groups -OCH3 is 1. The number of hydrogen-bond acceptors (Lipinski definition) is 3. The van der Waals surface area contributed by atoms with Gasteiger partial charge in [0, 0.05) is 12.2 Å². The van der Waals surface area contributed by atoms with Crippen LogP contribution in [-0.4, -0.2) is 23.9 Å². The van der Waals surface area contributed by atoms with Crippen molar-refractivity contribution in [2.24, 2.45) is 11.8 Å². The summed E-state index contributed by atoms with van der Waals surface area (Å²) in [5.74, 6) is 0.886. The fourth-order valence-electron chi connectivity index (χ4n) is 2.47. The Morgan fingerprint density at radius 1 is 1.50 bits per heavy atom. The third-order valence-electron chi connectivity index (χ3n) is 4.07. The van der Waals surface area contributed by atoms with Gasteiger partial charge in [-0.3, -0.25) is 4.79 Å². The molecule has 4 heteroatoms. The molecular weight excluding hydrogens is 230 g/mol. The highest BCUT2D eigenvalue weighted by atomic mass is 16.5. The molecule has 0 N–H and O–H groups in total. The Bertz CT molecular complexity index is 502. The van der Waals surface area contributed by atoms with Gasteiger partial charge in [-0.1, -0.05) is 6.92 Å². The summed E-state index contributed by atoms with van der Waals surface area (Å²) in [4.78, 5) is 23.0. The summed E-state index contributed by atoms with van der Waals surface area (Å²) < 4.78 is 6.74. The molecule has 1 aliphatic rings. The number of rotatable bonds is 4. The molecule has 0 radical (unpaired) electrons. The quantitative estimate of drug-likeness (QED) is 0.608. The van der Waals surface area contributed by atoms with Crippen molar-refractivity contribution in [3.63, 3.8) is 0 Å². The third-order valence-corrected chi connectivity index (χ3v) is 4.07. The molecule has 1 saturated carbocycles. The number of carbonyl (C=O) groups is 2. The van der Waals surface area contributed by atoms with Gasteiger partial charge < -0.3 is 9.30 Å². The van der Waals surface area contributed by atoms with Crippen LogP contribution in [0.1, 0.15) is 45.4 Å². The largest absolute Gasteiger partial charge is 0.464 e. The first kappa shape index (κ1) is 12.9. The normalized spacial score (nSPS) is 21.8. The zero-order chi connectivity index (χ0) is 13.4. The first-order valence-electron chi connectivity index (χ1n) is 6.24. The lowest BCUT2D eigenvalue weighted by atomic mass is 10.1. The lowest BCUT2D eigenvalue weighted by Gasteiger charge is -2.10. The van der Waals surface area contributed by atoms with Crippen LogP contribution in [0.2, 0.25) is 0 Å². The van der Waals surface area contributed by atoms with Crippen molar-refractivity contribution in [3.8, 4) is 0 Å². The van der Waals surface area contributed by atoms with Gasteiger partial charge in [-0.25, -0.2) is 4.79 Å². The van der Waals surface area contributed by atoms with Crippen molar-refractivity contribution in [3.05, 3.63) is 22.5 Å². The molecule has 1 unspecified atom stereocenters. The van der Waals surface area contributed by atoms with Crippen LogP contribution in [0.3, 0.4) is 0 Å². The van der Waals surface area contributed by atoms with Crippen molar-refractivity contribution in [2.45, 2.75) is 33.7 Å². The van der Waals surface area contributed by atoms with Crippen LogP contribution in [0.25, 0.3) is 0 Å². The first-order chi connectivity index (χ1) is 8.51. The van der Waals surface area contributed by atoms with Gasteiger partial charge in [-0.05, 0) is 37.7 Å². The van der Waals surface area contributed by atoms with E-state index in [2.05, 4.69) is 6.92 Å². The second-order valence-corrected chi connectivity index (χ2v) is 5.17. The van der Waals surface area contributed by atoms with Crippen molar-refractivity contribution in [1.29, 1.82) is 0 Å². The number of ether oxygens (including phenoxy) is 1. The highest BCUT2D eigenvalue weighted by Crippen LogP contribution is 2.40. The Hall–Kier alpha value is -1.58. The molecule has 98 valence electrons. The van der Waals surface area contributed by atoms with Gasteiger partial charge in [0.25, 0.3) is 0 Å². The molecule has 0 aliphatic heterocycles. The number of esters is 1. The SMILES string of the molecule is COC(=O)c1c(C=O)c(C)c(C)n1CC1C[C@@H]1C. The molecule has 1 aromatic heterocycles. The Kier molecular flexibility index (Phi) is 3.28. The number of aromatic nitrogens is 1. The number of hydrogen-bond donors (Lipinski definition) is 0. The van der Waals surface area contributed by atoms with Gasteiger partial charge in [0.15, 0.2) is 6.29 Å². The summed E-state index contributed by atoms with van der Waals surface area (Å²) in [5, 5.41) is 0. The van der Waals surface area contributed by atoms with Crippen LogP contribution in [0, 0.1) is 25.7 Å². The van der Waals surface area contributed by atoms with E-state index >= 15 is 0 Å². The summed E-state index contributed by atoms with van der Waals surface area (Å²) in [6.45, 7) is 6.82. The highest BCUT2D eigenvalue weighted by molar-refractivity contribution is 5.98. The molecule has 0 amide bonds. The monoisotopic (exact) mass is 249 g/mol. The summed E-state index contributed by atoms with van der Waals surface area (Å²) >= 11 is 0. The van der Waals surface area contributed by atoms with Gasteiger partial charge in [0.2, 0.25) is 0 Å². The predicted octanol–water partition coefficient (Wildman–Crippen LogP) is 2.36. The molecule has 1 aliphatic carbocycles. The van der Waals surface area contributed by atoms with E-state index in [4.69, 9.17) is 4.74 Å². The van der Waals surface area contributed by atoms with Crippen LogP contribution in [-0.2, 0) is 11.3 Å². The number of nitrogens with zero attached hydrogens (tertiary/aromatic N) is 1. The highest BCUT2D eigenvalue weighted by Gasteiger charge is 2.35. The second-order valence-electron chi connectivity index (χ2n) is 5.17. The van der Waals surface area contributed by atoms with Crippen LogP contribution >= 0.6 is 0 Å². The smallest absolute Gasteiger partial charge is 0.355 e. The first-order valence-corrected chi connectivity index (χ1v) is 6.24. The van der Waals surface area contributed by atoms with E-state index in [9.17, 15) is 9.59 Å². The van der Waals surface area contributed by atoms with E-state index in [1.54, 1.807) is 0 Å². The van der Waals surface area contributed by atoms with Crippen LogP contribution in [0.4, 0.5) is 0 Å². The van der Waals surface area contributed by atoms with Gasteiger partial charge in [-0.15, -0.1) is 0 Å². The maximum Gasteiger partial charge on any atom is 0.355 e. The number of aldehydes is 1. The summed E-state index contributed by atoms with van der Waals surface area (Å²) in [5.41, 5.74) is 2.73. The van der Waals surface area contributed by atoms with E-state index in [0.717, 1.165) is 24.1 Å². The van der Waals surface area contributed by atoms with Gasteiger partial charge >= 0.3 is 5.97 Å². The van der Waals surface area contributed by atoms with E-state index < -0.39 is 5.97 Å². The molecule has 0 aromatic carbocycles. The molecule has 18 heavy (non-hydrogen) atoms. The number of carbonyl (C=O) groups excluding carboxylic acids is 2. The molecule has 2 rings (SSSR count).